The van der Waals surface area contributed by atoms with E-state index in [1.807, 2.05) is 28.8 Å². The highest BCUT2D eigenvalue weighted by Crippen LogP contribution is 2.31. The van der Waals surface area contributed by atoms with E-state index in [0.29, 0.717) is 17.1 Å². The van der Waals surface area contributed by atoms with Gasteiger partial charge in [-0.2, -0.15) is 9.61 Å². The predicted molar refractivity (Wildman–Crippen MR) is 113 cm³/mol. The highest BCUT2D eigenvalue weighted by molar-refractivity contribution is 6.29. The molecule has 0 aliphatic heterocycles. The van der Waals surface area contributed by atoms with Gasteiger partial charge in [0.25, 0.3) is 0 Å². The van der Waals surface area contributed by atoms with Crippen molar-refractivity contribution in [3.63, 3.8) is 0 Å². The van der Waals surface area contributed by atoms with Crippen LogP contribution in [0.25, 0.3) is 27.7 Å². The van der Waals surface area contributed by atoms with Crippen LogP contribution in [0, 0.1) is 5.92 Å². The van der Waals surface area contributed by atoms with Crippen LogP contribution in [0.15, 0.2) is 54.6 Å². The zero-order valence-corrected chi connectivity index (χ0v) is 16.1. The number of hydrogen-bond acceptors (Lipinski definition) is 4. The average Bonchev–Trinajstić information content (AvgIpc) is 3.34. The second-order valence-electron chi connectivity index (χ2n) is 7.49. The summed E-state index contributed by atoms with van der Waals surface area (Å²) in [5.41, 5.74) is 2.66. The van der Waals surface area contributed by atoms with Gasteiger partial charge in [-0.05, 0) is 36.0 Å². The van der Waals surface area contributed by atoms with Gasteiger partial charge in [0.1, 0.15) is 11.0 Å². The molecule has 2 aromatic carbocycles. The van der Waals surface area contributed by atoms with Gasteiger partial charge in [-0.3, -0.25) is 0 Å². The first kappa shape index (κ1) is 17.5. The summed E-state index contributed by atoms with van der Waals surface area (Å²) in [6.45, 7) is 0.248. The Balaban J connectivity index is 1.57. The maximum absolute atomic E-state index is 9.41. The highest BCUT2D eigenvalue weighted by atomic mass is 35.5. The van der Waals surface area contributed by atoms with Gasteiger partial charge < -0.3 is 10.4 Å². The van der Waals surface area contributed by atoms with E-state index < -0.39 is 0 Å². The van der Waals surface area contributed by atoms with Crippen molar-refractivity contribution in [2.75, 3.05) is 11.9 Å². The van der Waals surface area contributed by atoms with E-state index >= 15 is 0 Å². The fourth-order valence-corrected chi connectivity index (χ4v) is 4.40. The summed E-state index contributed by atoms with van der Waals surface area (Å²) in [6, 6.07) is 18.7. The van der Waals surface area contributed by atoms with Crippen LogP contribution in [0.5, 0.6) is 0 Å². The highest BCUT2D eigenvalue weighted by Gasteiger charge is 2.25. The van der Waals surface area contributed by atoms with Gasteiger partial charge in [-0.15, -0.1) is 0 Å². The third kappa shape index (κ3) is 3.11. The summed E-state index contributed by atoms with van der Waals surface area (Å²) >= 11 is 6.28. The molecule has 2 heterocycles. The SMILES string of the molecule is OC[C@@H]1CC[C@@H](Nc2cc(Cl)nc3cc(-c4cccc5ccccc45)nn23)C1. The van der Waals surface area contributed by atoms with Crippen LogP contribution in [0.1, 0.15) is 19.3 Å². The van der Waals surface area contributed by atoms with Crippen LogP contribution >= 0.6 is 11.6 Å². The number of anilines is 1. The minimum Gasteiger partial charge on any atom is -0.396 e. The molecule has 6 heteroatoms. The monoisotopic (exact) mass is 392 g/mol. The Morgan fingerprint density at radius 1 is 1.11 bits per heavy atom. The molecule has 1 aliphatic rings. The van der Waals surface area contributed by atoms with E-state index in [-0.39, 0.29) is 6.61 Å². The van der Waals surface area contributed by atoms with Gasteiger partial charge in [-0.25, -0.2) is 4.98 Å². The lowest BCUT2D eigenvalue weighted by atomic mass is 10.0. The standard InChI is InChI=1S/C22H21ClN4O/c23-20-12-22(24-16-9-8-14(10-16)13-28)27-21(25-20)11-19(26-27)18-7-3-5-15-4-1-2-6-17(15)18/h1-7,11-12,14,16,24,28H,8-10,13H2/t14-,16-/m1/s1. The molecule has 1 saturated carbocycles. The van der Waals surface area contributed by atoms with Gasteiger partial charge >= 0.3 is 0 Å². The van der Waals surface area contributed by atoms with Crippen LogP contribution in [0.2, 0.25) is 5.15 Å². The van der Waals surface area contributed by atoms with Crippen molar-refractivity contribution in [3.05, 3.63) is 59.8 Å². The van der Waals surface area contributed by atoms with E-state index in [2.05, 4.69) is 40.6 Å². The zero-order chi connectivity index (χ0) is 19.1. The Morgan fingerprint density at radius 2 is 1.96 bits per heavy atom. The largest absolute Gasteiger partial charge is 0.396 e. The summed E-state index contributed by atoms with van der Waals surface area (Å²) in [5.74, 6) is 1.21. The molecule has 0 bridgehead atoms. The van der Waals surface area contributed by atoms with Crippen molar-refractivity contribution < 1.29 is 5.11 Å². The maximum atomic E-state index is 9.41. The summed E-state index contributed by atoms with van der Waals surface area (Å²) in [4.78, 5) is 4.45. The molecule has 2 N–H and O–H groups in total. The minimum atomic E-state index is 0.248. The summed E-state index contributed by atoms with van der Waals surface area (Å²) in [7, 11) is 0. The predicted octanol–water partition coefficient (Wildman–Crippen LogP) is 4.78. The number of nitrogens with one attached hydrogen (secondary N) is 1. The Morgan fingerprint density at radius 3 is 2.82 bits per heavy atom. The van der Waals surface area contributed by atoms with Crippen molar-refractivity contribution in [2.24, 2.45) is 5.92 Å². The second kappa shape index (κ2) is 7.08. The fraction of sp³-hybridized carbons (Fsp3) is 0.273. The van der Waals surface area contributed by atoms with Gasteiger partial charge in [-0.1, -0.05) is 54.1 Å². The van der Waals surface area contributed by atoms with Crippen molar-refractivity contribution >= 4 is 33.8 Å². The summed E-state index contributed by atoms with van der Waals surface area (Å²) < 4.78 is 1.83. The molecule has 0 amide bonds. The van der Waals surface area contributed by atoms with E-state index in [1.54, 1.807) is 0 Å². The molecule has 2 aromatic heterocycles. The van der Waals surface area contributed by atoms with E-state index in [4.69, 9.17) is 16.7 Å². The number of fused-ring (bicyclic) bond motifs is 2. The number of halogens is 1. The molecule has 5 nitrogen and oxygen atoms in total. The lowest BCUT2D eigenvalue weighted by Gasteiger charge is -2.15. The Kier molecular flexibility index (Phi) is 4.41. The third-order valence-electron chi connectivity index (χ3n) is 5.61. The number of benzene rings is 2. The zero-order valence-electron chi connectivity index (χ0n) is 15.3. The lowest BCUT2D eigenvalue weighted by Crippen LogP contribution is -2.18. The molecule has 0 radical (unpaired) electrons. The van der Waals surface area contributed by atoms with Crippen LogP contribution in [0.3, 0.4) is 0 Å². The molecule has 4 aromatic rings. The third-order valence-corrected chi connectivity index (χ3v) is 5.81. The minimum absolute atomic E-state index is 0.248. The summed E-state index contributed by atoms with van der Waals surface area (Å²) in [5, 5.41) is 20.6. The van der Waals surface area contributed by atoms with Crippen molar-refractivity contribution in [2.45, 2.75) is 25.3 Å². The van der Waals surface area contributed by atoms with Crippen LogP contribution in [-0.2, 0) is 0 Å². The smallest absolute Gasteiger partial charge is 0.159 e. The Bertz CT molecular complexity index is 1150. The first-order valence-electron chi connectivity index (χ1n) is 9.63. The van der Waals surface area contributed by atoms with E-state index in [9.17, 15) is 5.11 Å². The van der Waals surface area contributed by atoms with Gasteiger partial charge in [0.15, 0.2) is 5.65 Å². The van der Waals surface area contributed by atoms with Crippen molar-refractivity contribution in [3.8, 4) is 11.3 Å². The first-order valence-corrected chi connectivity index (χ1v) is 10.0. The number of aliphatic hydroxyl groups excluding tert-OH is 1. The molecular formula is C22H21ClN4O. The molecule has 0 spiro atoms. The number of aliphatic hydroxyl groups is 1. The maximum Gasteiger partial charge on any atom is 0.159 e. The molecule has 1 aliphatic carbocycles. The first-order chi connectivity index (χ1) is 13.7. The number of aromatic nitrogens is 3. The molecule has 142 valence electrons. The molecule has 1 fully saturated rings. The summed E-state index contributed by atoms with van der Waals surface area (Å²) in [6.07, 6.45) is 3.02. The number of rotatable bonds is 4. The normalized spacial score (nSPS) is 19.5. The molecular weight excluding hydrogens is 372 g/mol. The van der Waals surface area contributed by atoms with E-state index in [1.165, 1.54) is 5.39 Å². The molecule has 28 heavy (non-hydrogen) atoms. The van der Waals surface area contributed by atoms with Crippen LogP contribution < -0.4 is 5.32 Å². The molecule has 5 rings (SSSR count). The van der Waals surface area contributed by atoms with Gasteiger partial charge in [0, 0.05) is 30.3 Å². The number of nitrogens with zero attached hydrogens (tertiary/aromatic N) is 3. The van der Waals surface area contributed by atoms with Crippen molar-refractivity contribution in [1.82, 2.24) is 14.6 Å². The van der Waals surface area contributed by atoms with Gasteiger partial charge in [0.2, 0.25) is 0 Å². The second-order valence-corrected chi connectivity index (χ2v) is 7.88. The quantitative estimate of drug-likeness (QED) is 0.491. The molecule has 0 saturated heterocycles. The van der Waals surface area contributed by atoms with E-state index in [0.717, 1.165) is 47.4 Å². The molecule has 2 atom stereocenters. The Labute approximate surface area is 168 Å². The van der Waals surface area contributed by atoms with Crippen LogP contribution in [0.4, 0.5) is 5.82 Å². The molecule has 0 unspecified atom stereocenters. The fourth-order valence-electron chi connectivity index (χ4n) is 4.21. The Hall–Kier alpha value is -2.63. The van der Waals surface area contributed by atoms with Crippen LogP contribution in [-0.4, -0.2) is 32.4 Å². The average molecular weight is 393 g/mol. The topological polar surface area (TPSA) is 62.5 Å². The van der Waals surface area contributed by atoms with Crippen molar-refractivity contribution in [1.29, 1.82) is 0 Å². The lowest BCUT2D eigenvalue weighted by molar-refractivity contribution is 0.229. The number of hydrogen-bond donors (Lipinski definition) is 2. The van der Waals surface area contributed by atoms with Gasteiger partial charge in [0.05, 0.1) is 5.69 Å².